The second kappa shape index (κ2) is 5.77. The van der Waals surface area contributed by atoms with Gasteiger partial charge in [-0.15, -0.1) is 0 Å². The fraction of sp³-hybridized carbons (Fsp3) is 0.0556. The highest BCUT2D eigenvalue weighted by atomic mass is 16.5. The van der Waals surface area contributed by atoms with Gasteiger partial charge in [0, 0.05) is 11.6 Å². The summed E-state index contributed by atoms with van der Waals surface area (Å²) in [6, 6.07) is 12.0. The first-order valence-electron chi connectivity index (χ1n) is 6.76. The molecule has 0 saturated heterocycles. The minimum atomic E-state index is -0.195. The van der Waals surface area contributed by atoms with Gasteiger partial charge in [-0.05, 0) is 24.3 Å². The molecule has 0 radical (unpaired) electrons. The molecule has 3 rings (SSSR count). The number of rotatable bonds is 3. The smallest absolute Gasteiger partial charge is 0.231 e. The summed E-state index contributed by atoms with van der Waals surface area (Å²) in [5.74, 6) is 1.23. The van der Waals surface area contributed by atoms with E-state index in [0.29, 0.717) is 11.3 Å². The van der Waals surface area contributed by atoms with Crippen LogP contribution in [0.4, 0.5) is 0 Å². The van der Waals surface area contributed by atoms with Crippen molar-refractivity contribution in [1.82, 2.24) is 0 Å². The number of hydrogen-bond acceptors (Lipinski definition) is 4. The Morgan fingerprint density at radius 3 is 2.82 bits per heavy atom. The van der Waals surface area contributed by atoms with Crippen molar-refractivity contribution < 1.29 is 19.4 Å². The van der Waals surface area contributed by atoms with E-state index in [1.807, 2.05) is 30.3 Å². The maximum absolute atomic E-state index is 12.1. The first-order valence-corrected chi connectivity index (χ1v) is 6.76. The van der Waals surface area contributed by atoms with Gasteiger partial charge in [-0.1, -0.05) is 30.4 Å². The van der Waals surface area contributed by atoms with E-state index in [1.165, 1.54) is 12.1 Å². The molecular formula is C18H14O4. The van der Waals surface area contributed by atoms with Crippen LogP contribution in [0.3, 0.4) is 0 Å². The number of phenolic OH excluding ortho intramolecular Hbond substituents is 1. The van der Waals surface area contributed by atoms with E-state index in [-0.39, 0.29) is 17.3 Å². The van der Waals surface area contributed by atoms with Gasteiger partial charge in [0.05, 0.1) is 12.7 Å². The van der Waals surface area contributed by atoms with Crippen molar-refractivity contribution in [3.05, 3.63) is 71.5 Å². The third kappa shape index (κ3) is 2.59. The van der Waals surface area contributed by atoms with Crippen molar-refractivity contribution >= 4 is 11.9 Å². The van der Waals surface area contributed by atoms with Crippen LogP contribution in [-0.2, 0) is 0 Å². The van der Waals surface area contributed by atoms with Crippen LogP contribution in [0.25, 0.3) is 6.08 Å². The molecule has 110 valence electrons. The molecule has 22 heavy (non-hydrogen) atoms. The number of para-hydroxylation sites is 1. The van der Waals surface area contributed by atoms with Crippen LogP contribution in [0.15, 0.2) is 60.4 Å². The molecular weight excluding hydrogens is 280 g/mol. The Hall–Kier alpha value is -3.01. The van der Waals surface area contributed by atoms with Gasteiger partial charge in [-0.3, -0.25) is 4.79 Å². The Kier molecular flexibility index (Phi) is 3.66. The molecule has 4 heteroatoms. The van der Waals surface area contributed by atoms with Crippen LogP contribution in [0.5, 0.6) is 17.2 Å². The normalized spacial score (nSPS) is 15.1. The van der Waals surface area contributed by atoms with Gasteiger partial charge >= 0.3 is 0 Å². The van der Waals surface area contributed by atoms with E-state index in [0.717, 1.165) is 11.3 Å². The number of benzene rings is 2. The van der Waals surface area contributed by atoms with Crippen LogP contribution >= 0.6 is 0 Å². The zero-order valence-electron chi connectivity index (χ0n) is 11.9. The van der Waals surface area contributed by atoms with Gasteiger partial charge in [-0.2, -0.15) is 0 Å². The molecule has 1 N–H and O–H groups in total. The van der Waals surface area contributed by atoms with Crippen molar-refractivity contribution in [3.8, 4) is 17.2 Å². The third-order valence-electron chi connectivity index (χ3n) is 3.32. The molecule has 1 heterocycles. The number of fused-ring (bicyclic) bond motifs is 1. The molecule has 0 amide bonds. The average Bonchev–Trinajstić information content (AvgIpc) is 2.83. The number of allylic oxidation sites excluding steroid dienone is 3. The van der Waals surface area contributed by atoms with Crippen LogP contribution in [-0.4, -0.2) is 18.0 Å². The molecule has 4 nitrogen and oxygen atoms in total. The lowest BCUT2D eigenvalue weighted by Crippen LogP contribution is -1.97. The number of carbonyl (C=O) groups excluding carboxylic acids is 1. The van der Waals surface area contributed by atoms with Crippen molar-refractivity contribution in [2.45, 2.75) is 0 Å². The second-order valence-corrected chi connectivity index (χ2v) is 4.74. The zero-order chi connectivity index (χ0) is 15.5. The lowest BCUT2D eigenvalue weighted by atomic mass is 10.1. The van der Waals surface area contributed by atoms with E-state index in [4.69, 9.17) is 9.47 Å². The highest BCUT2D eigenvalue weighted by Crippen LogP contribution is 2.33. The number of phenols is 1. The van der Waals surface area contributed by atoms with E-state index in [9.17, 15) is 9.90 Å². The number of ether oxygens (including phenoxy) is 2. The monoisotopic (exact) mass is 294 g/mol. The van der Waals surface area contributed by atoms with Crippen LogP contribution in [0, 0.1) is 0 Å². The van der Waals surface area contributed by atoms with E-state index in [2.05, 4.69) is 0 Å². The molecule has 1 aliphatic rings. The Labute approximate surface area is 127 Å². The quantitative estimate of drug-likeness (QED) is 0.879. The predicted octanol–water partition coefficient (Wildman–Crippen LogP) is 3.57. The van der Waals surface area contributed by atoms with Gasteiger partial charge in [0.2, 0.25) is 5.78 Å². The Balaban J connectivity index is 1.83. The number of carbonyl (C=O) groups is 1. The molecule has 0 spiro atoms. The summed E-state index contributed by atoms with van der Waals surface area (Å²) in [5.41, 5.74) is 1.36. The zero-order valence-corrected chi connectivity index (χ0v) is 11.9. The Morgan fingerprint density at radius 2 is 2.00 bits per heavy atom. The summed E-state index contributed by atoms with van der Waals surface area (Å²) in [4.78, 5) is 12.1. The lowest BCUT2D eigenvalue weighted by Gasteiger charge is -2.02. The van der Waals surface area contributed by atoms with Gasteiger partial charge in [0.15, 0.2) is 5.76 Å². The first kappa shape index (κ1) is 13.9. The van der Waals surface area contributed by atoms with E-state index >= 15 is 0 Å². The summed E-state index contributed by atoms with van der Waals surface area (Å²) in [6.45, 7) is 0. The molecule has 1 aliphatic heterocycles. The topological polar surface area (TPSA) is 55.8 Å². The summed E-state index contributed by atoms with van der Waals surface area (Å²) < 4.78 is 10.7. The highest BCUT2D eigenvalue weighted by molar-refractivity contribution is 6.12. The van der Waals surface area contributed by atoms with Crippen LogP contribution in [0.2, 0.25) is 0 Å². The predicted molar refractivity (Wildman–Crippen MR) is 83.2 cm³/mol. The maximum atomic E-state index is 12.1. The second-order valence-electron chi connectivity index (χ2n) is 4.74. The fourth-order valence-corrected chi connectivity index (χ4v) is 2.23. The SMILES string of the molecule is COc1ccccc1/C=C/C=C1\Oc2cc(O)ccc2C1=O. The molecule has 0 bridgehead atoms. The molecule has 2 aromatic rings. The van der Waals surface area contributed by atoms with Crippen molar-refractivity contribution in [2.24, 2.45) is 0 Å². The van der Waals surface area contributed by atoms with E-state index < -0.39 is 0 Å². The van der Waals surface area contributed by atoms with Crippen LogP contribution < -0.4 is 9.47 Å². The average molecular weight is 294 g/mol. The molecule has 0 aromatic heterocycles. The Morgan fingerprint density at radius 1 is 1.18 bits per heavy atom. The highest BCUT2D eigenvalue weighted by Gasteiger charge is 2.26. The maximum Gasteiger partial charge on any atom is 0.231 e. The van der Waals surface area contributed by atoms with E-state index in [1.54, 1.807) is 25.3 Å². The first-order chi connectivity index (χ1) is 10.7. The van der Waals surface area contributed by atoms with Gasteiger partial charge in [0.25, 0.3) is 0 Å². The summed E-state index contributed by atoms with van der Waals surface area (Å²) >= 11 is 0. The number of aromatic hydroxyl groups is 1. The molecule has 0 fully saturated rings. The van der Waals surface area contributed by atoms with Gasteiger partial charge in [0.1, 0.15) is 17.2 Å². The molecule has 0 saturated carbocycles. The number of ketones is 1. The summed E-state index contributed by atoms with van der Waals surface area (Å²) in [7, 11) is 1.61. The fourth-order valence-electron chi connectivity index (χ4n) is 2.23. The van der Waals surface area contributed by atoms with Crippen LogP contribution in [0.1, 0.15) is 15.9 Å². The van der Waals surface area contributed by atoms with Gasteiger partial charge < -0.3 is 14.6 Å². The lowest BCUT2D eigenvalue weighted by molar-refractivity contribution is 0.101. The minimum absolute atomic E-state index is 0.0670. The largest absolute Gasteiger partial charge is 0.508 e. The van der Waals surface area contributed by atoms with Crippen molar-refractivity contribution in [3.63, 3.8) is 0 Å². The van der Waals surface area contributed by atoms with Crippen molar-refractivity contribution in [1.29, 1.82) is 0 Å². The van der Waals surface area contributed by atoms with Crippen molar-refractivity contribution in [2.75, 3.05) is 7.11 Å². The minimum Gasteiger partial charge on any atom is -0.508 e. The molecule has 0 unspecified atom stereocenters. The third-order valence-corrected chi connectivity index (χ3v) is 3.32. The summed E-state index contributed by atoms with van der Waals surface area (Å²) in [5, 5.41) is 9.41. The number of Topliss-reactive ketones (excluding diaryl/α,β-unsaturated/α-hetero) is 1. The summed E-state index contributed by atoms with van der Waals surface area (Å²) in [6.07, 6.45) is 5.17. The van der Waals surface area contributed by atoms with Gasteiger partial charge in [-0.25, -0.2) is 0 Å². The molecule has 0 aliphatic carbocycles. The molecule has 2 aromatic carbocycles. The Bertz CT molecular complexity index is 787. The number of methoxy groups -OCH3 is 1. The number of hydrogen-bond donors (Lipinski definition) is 1. The molecule has 0 atom stereocenters. The standard InChI is InChI=1S/C18H14O4/c1-21-15-7-3-2-5-12(15)6-4-8-16-18(20)14-10-9-13(19)11-17(14)22-16/h2-11,19H,1H3/b6-4+,16-8-.